The smallest absolute Gasteiger partial charge is 0.259 e. The van der Waals surface area contributed by atoms with Gasteiger partial charge >= 0.3 is 0 Å². The van der Waals surface area contributed by atoms with Gasteiger partial charge in [0.05, 0.1) is 66.5 Å². The second-order valence-electron chi connectivity index (χ2n) is 12.7. The molecular formula is C39H41Cl2N7O5. The number of aromatic nitrogens is 3. The first-order chi connectivity index (χ1) is 25.6. The van der Waals surface area contributed by atoms with Gasteiger partial charge < -0.3 is 39.2 Å². The minimum atomic E-state index is -0.530. The number of carbonyl (C=O) groups excluding carboxylic acids is 1. The van der Waals surface area contributed by atoms with Crippen LogP contribution < -0.4 is 30.6 Å². The first kappa shape index (κ1) is 37.6. The molecule has 0 bridgehead atoms. The van der Waals surface area contributed by atoms with Gasteiger partial charge in [-0.15, -0.1) is 0 Å². The second-order valence-corrected chi connectivity index (χ2v) is 13.5. The Morgan fingerprint density at radius 3 is 2.36 bits per heavy atom. The minimum Gasteiger partial charge on any atom is -0.495 e. The zero-order valence-electron chi connectivity index (χ0n) is 30.2. The summed E-state index contributed by atoms with van der Waals surface area (Å²) in [6.45, 7) is 5.52. The van der Waals surface area contributed by atoms with E-state index >= 15 is 0 Å². The molecule has 4 heterocycles. The summed E-state index contributed by atoms with van der Waals surface area (Å²) in [5, 5.41) is 7.19. The molecule has 5 aromatic rings. The van der Waals surface area contributed by atoms with E-state index in [0.29, 0.717) is 59.5 Å². The lowest BCUT2D eigenvalue weighted by atomic mass is 10.0. The molecule has 0 radical (unpaired) electrons. The van der Waals surface area contributed by atoms with Crippen LogP contribution in [0.1, 0.15) is 18.5 Å². The van der Waals surface area contributed by atoms with Crippen LogP contribution in [0, 0.1) is 0 Å². The van der Waals surface area contributed by atoms with Crippen molar-refractivity contribution in [3.05, 3.63) is 105 Å². The van der Waals surface area contributed by atoms with Gasteiger partial charge in [0.2, 0.25) is 5.91 Å². The van der Waals surface area contributed by atoms with Crippen LogP contribution in [0.5, 0.6) is 11.5 Å². The van der Waals surface area contributed by atoms with E-state index in [9.17, 15) is 9.59 Å². The number of ether oxygens (including phenoxy) is 3. The van der Waals surface area contributed by atoms with Crippen molar-refractivity contribution in [1.82, 2.24) is 19.4 Å². The SMILES string of the molecule is COc1cc(OC)c(Cl)c(-c2cc3cnc(Nc4ccc(N5CCOCC5)cn4)cc3n(C(C)c3cccc(NC(=O)/C=C/CN(C)C)c3)c2=O)c1Cl. The molecule has 2 N–H and O–H groups in total. The van der Waals surface area contributed by atoms with E-state index in [2.05, 4.69) is 25.5 Å². The topological polar surface area (TPSA) is 123 Å². The first-order valence-corrected chi connectivity index (χ1v) is 17.8. The summed E-state index contributed by atoms with van der Waals surface area (Å²) in [4.78, 5) is 41.0. The molecular weight excluding hydrogens is 717 g/mol. The molecule has 1 saturated heterocycles. The number of fused-ring (bicyclic) bond motifs is 1. The van der Waals surface area contributed by atoms with E-state index < -0.39 is 6.04 Å². The average molecular weight is 759 g/mol. The molecule has 276 valence electrons. The highest BCUT2D eigenvalue weighted by atomic mass is 35.5. The highest BCUT2D eigenvalue weighted by Crippen LogP contribution is 2.45. The van der Waals surface area contributed by atoms with Gasteiger partial charge in [-0.25, -0.2) is 9.97 Å². The number of halogens is 2. The molecule has 0 saturated carbocycles. The number of likely N-dealkylation sites (N-methyl/N-ethyl adjacent to an activating group) is 1. The number of amides is 1. The summed E-state index contributed by atoms with van der Waals surface area (Å²) in [6.07, 6.45) is 6.79. The molecule has 3 aromatic heterocycles. The predicted molar refractivity (Wildman–Crippen MR) is 212 cm³/mol. The highest BCUT2D eigenvalue weighted by Gasteiger charge is 2.25. The van der Waals surface area contributed by atoms with Gasteiger partial charge in [0.15, 0.2) is 0 Å². The van der Waals surface area contributed by atoms with Crippen LogP contribution in [0.2, 0.25) is 10.0 Å². The number of benzene rings is 2. The maximum Gasteiger partial charge on any atom is 0.259 e. The summed E-state index contributed by atoms with van der Waals surface area (Å²) in [5.74, 6) is 1.43. The molecule has 2 aromatic carbocycles. The van der Waals surface area contributed by atoms with Crippen molar-refractivity contribution in [2.75, 3.05) is 76.7 Å². The molecule has 1 aliphatic heterocycles. The number of anilines is 4. The Morgan fingerprint density at radius 1 is 0.981 bits per heavy atom. The van der Waals surface area contributed by atoms with Gasteiger partial charge in [-0.2, -0.15) is 0 Å². The first-order valence-electron chi connectivity index (χ1n) is 17.0. The van der Waals surface area contributed by atoms with E-state index in [4.69, 9.17) is 37.4 Å². The van der Waals surface area contributed by atoms with Crippen LogP contribution in [0.25, 0.3) is 22.0 Å². The number of rotatable bonds is 12. The average Bonchev–Trinajstić information content (AvgIpc) is 3.15. The molecule has 6 rings (SSSR count). The molecule has 1 amide bonds. The Bertz CT molecular complexity index is 2170. The fourth-order valence-electron chi connectivity index (χ4n) is 6.17. The maximum absolute atomic E-state index is 14.8. The Balaban J connectivity index is 1.44. The fourth-order valence-corrected chi connectivity index (χ4v) is 6.87. The van der Waals surface area contributed by atoms with Gasteiger partial charge in [-0.3, -0.25) is 9.59 Å². The second kappa shape index (κ2) is 16.7. The van der Waals surface area contributed by atoms with Gasteiger partial charge in [-0.05, 0) is 56.9 Å². The largest absolute Gasteiger partial charge is 0.495 e. The summed E-state index contributed by atoms with van der Waals surface area (Å²) in [7, 11) is 6.81. The number of nitrogens with one attached hydrogen (secondary N) is 2. The number of morpholine rings is 1. The lowest BCUT2D eigenvalue weighted by molar-refractivity contribution is -0.111. The van der Waals surface area contributed by atoms with E-state index in [-0.39, 0.29) is 32.6 Å². The number of nitrogens with zero attached hydrogens (tertiary/aromatic N) is 5. The summed E-state index contributed by atoms with van der Waals surface area (Å²) < 4.78 is 18.2. The molecule has 1 atom stereocenters. The standard InChI is InChI=1S/C39H41Cl2N7O5/c1-24(25-8-6-9-27(18-25)44-35(49)10-7-13-46(2)3)48-30-20-34(45-33-12-11-28(23-43-33)47-14-16-53-17-15-47)42-22-26(30)19-29(39(48)50)36-37(40)31(51-4)21-32(52-5)38(36)41/h6-12,18-24H,13-17H2,1-5H3,(H,44,49)(H,42,43,45)/b10-7+. The molecule has 1 unspecified atom stereocenters. The summed E-state index contributed by atoms with van der Waals surface area (Å²) >= 11 is 13.7. The van der Waals surface area contributed by atoms with Crippen molar-refractivity contribution >= 4 is 63.0 Å². The lowest BCUT2D eigenvalue weighted by Gasteiger charge is -2.28. The van der Waals surface area contributed by atoms with Crippen LogP contribution in [0.15, 0.2) is 83.9 Å². The Morgan fingerprint density at radius 2 is 1.70 bits per heavy atom. The van der Waals surface area contributed by atoms with Crippen LogP contribution in [0.3, 0.4) is 0 Å². The quantitative estimate of drug-likeness (QED) is 0.128. The highest BCUT2D eigenvalue weighted by molar-refractivity contribution is 6.41. The van der Waals surface area contributed by atoms with Crippen LogP contribution >= 0.6 is 23.2 Å². The molecule has 12 nitrogen and oxygen atoms in total. The van der Waals surface area contributed by atoms with Crippen molar-refractivity contribution < 1.29 is 19.0 Å². The van der Waals surface area contributed by atoms with Crippen molar-refractivity contribution in [3.63, 3.8) is 0 Å². The fraction of sp³-hybridized carbons (Fsp3) is 0.282. The summed E-state index contributed by atoms with van der Waals surface area (Å²) in [6, 6.07) is 15.9. The third kappa shape index (κ3) is 8.42. The number of carbonyl (C=O) groups is 1. The van der Waals surface area contributed by atoms with Gasteiger partial charge in [0.1, 0.15) is 23.1 Å². The van der Waals surface area contributed by atoms with E-state index in [1.165, 1.54) is 20.3 Å². The number of hydrogen-bond acceptors (Lipinski definition) is 10. The van der Waals surface area contributed by atoms with E-state index in [1.807, 2.05) is 68.5 Å². The van der Waals surface area contributed by atoms with E-state index in [1.54, 1.807) is 35.0 Å². The molecule has 1 fully saturated rings. The maximum atomic E-state index is 14.8. The van der Waals surface area contributed by atoms with Crippen molar-refractivity contribution in [2.24, 2.45) is 0 Å². The molecule has 14 heteroatoms. The molecule has 0 aliphatic carbocycles. The van der Waals surface area contributed by atoms with Crippen LogP contribution in [-0.2, 0) is 9.53 Å². The Hall–Kier alpha value is -5.14. The van der Waals surface area contributed by atoms with E-state index in [0.717, 1.165) is 24.3 Å². The van der Waals surface area contributed by atoms with Gasteiger partial charge in [0.25, 0.3) is 5.56 Å². The molecule has 53 heavy (non-hydrogen) atoms. The molecule has 1 aliphatic rings. The van der Waals surface area contributed by atoms with Gasteiger partial charge in [-0.1, -0.05) is 41.4 Å². The third-order valence-corrected chi connectivity index (χ3v) is 9.66. The predicted octanol–water partition coefficient (Wildman–Crippen LogP) is 7.03. The monoisotopic (exact) mass is 757 g/mol. The lowest BCUT2D eigenvalue weighted by Crippen LogP contribution is -2.36. The van der Waals surface area contributed by atoms with Crippen LogP contribution in [-0.4, -0.2) is 86.5 Å². The molecule has 0 spiro atoms. The van der Waals surface area contributed by atoms with Gasteiger partial charge in [0, 0.05) is 60.7 Å². The van der Waals surface area contributed by atoms with Crippen molar-refractivity contribution in [1.29, 1.82) is 0 Å². The van der Waals surface area contributed by atoms with Crippen molar-refractivity contribution in [3.8, 4) is 22.6 Å². The van der Waals surface area contributed by atoms with Crippen LogP contribution in [0.4, 0.5) is 23.0 Å². The minimum absolute atomic E-state index is 0.166. The zero-order chi connectivity index (χ0) is 37.6. The number of hydrogen-bond donors (Lipinski definition) is 2. The zero-order valence-corrected chi connectivity index (χ0v) is 31.7. The Labute approximate surface area is 317 Å². The normalized spacial score (nSPS) is 13.8. The summed E-state index contributed by atoms with van der Waals surface area (Å²) in [5.41, 5.74) is 3.10. The Kier molecular flexibility index (Phi) is 11.8. The number of pyridine rings is 3. The third-order valence-electron chi connectivity index (χ3n) is 8.91. The number of methoxy groups -OCH3 is 2. The van der Waals surface area contributed by atoms with Crippen molar-refractivity contribution in [2.45, 2.75) is 13.0 Å².